The zero-order chi connectivity index (χ0) is 19.8. The van der Waals surface area contributed by atoms with E-state index in [1.54, 1.807) is 21.8 Å². The summed E-state index contributed by atoms with van der Waals surface area (Å²) in [6.45, 7) is 0.0823. The maximum atomic E-state index is 12.4. The van der Waals surface area contributed by atoms with E-state index in [9.17, 15) is 9.59 Å². The minimum atomic E-state index is -0.524. The standard InChI is InChI=1S/C13H13N3O2S2.C8H7N/c17-6-5-14-12(18)13-7-9-8-3-1-2-4-10(8)15-11(9)16(13)20-19-13;1-2-4-8-7(3-1)5-6-9-8/h1-4,6,9,11,15H,5,7H2,(H,14,18);1-6,9H. The summed E-state index contributed by atoms with van der Waals surface area (Å²) < 4.78 is 2.14. The van der Waals surface area contributed by atoms with Crippen molar-refractivity contribution in [3.63, 3.8) is 0 Å². The molecule has 6 rings (SSSR count). The molecule has 148 valence electrons. The van der Waals surface area contributed by atoms with Crippen LogP contribution in [0.15, 0.2) is 60.8 Å². The van der Waals surface area contributed by atoms with Gasteiger partial charge in [0.05, 0.1) is 12.7 Å². The van der Waals surface area contributed by atoms with Gasteiger partial charge in [-0.25, -0.2) is 0 Å². The van der Waals surface area contributed by atoms with Crippen molar-refractivity contribution in [2.75, 3.05) is 11.9 Å². The van der Waals surface area contributed by atoms with Gasteiger partial charge < -0.3 is 20.4 Å². The third kappa shape index (κ3) is 3.02. The molecular weight excluding hydrogens is 404 g/mol. The van der Waals surface area contributed by atoms with Crippen molar-refractivity contribution in [2.45, 2.75) is 23.4 Å². The number of rotatable bonds is 3. The van der Waals surface area contributed by atoms with E-state index in [0.29, 0.717) is 5.92 Å². The number of carbonyl (C=O) groups is 2. The van der Waals surface area contributed by atoms with Gasteiger partial charge in [-0.3, -0.25) is 4.79 Å². The van der Waals surface area contributed by atoms with Gasteiger partial charge in [-0.2, -0.15) is 4.31 Å². The molecule has 8 heteroatoms. The van der Waals surface area contributed by atoms with E-state index in [4.69, 9.17) is 0 Å². The van der Waals surface area contributed by atoms with Crippen LogP contribution in [0.5, 0.6) is 0 Å². The zero-order valence-corrected chi connectivity index (χ0v) is 17.1. The average Bonchev–Trinajstić information content (AvgIpc) is 3.39. The van der Waals surface area contributed by atoms with Crippen molar-refractivity contribution in [3.8, 4) is 0 Å². The number of anilines is 1. The summed E-state index contributed by atoms with van der Waals surface area (Å²) in [5, 5.41) is 7.48. The largest absolute Gasteiger partial charge is 0.368 e. The van der Waals surface area contributed by atoms with Gasteiger partial charge in [0.25, 0.3) is 5.91 Å². The summed E-state index contributed by atoms with van der Waals surface area (Å²) in [6, 6.07) is 18.6. The molecule has 29 heavy (non-hydrogen) atoms. The number of carbonyl (C=O) groups excluding carboxylic acids is 2. The fraction of sp³-hybridized carbons (Fsp3) is 0.238. The summed E-state index contributed by atoms with van der Waals surface area (Å²) in [7, 11) is 3.21. The van der Waals surface area contributed by atoms with Gasteiger partial charge in [-0.05, 0) is 57.3 Å². The SMILES string of the molecule is O=CCNC(=O)C12CC3c4ccccc4NC3N1SS2.c1ccc2[nH]ccc2c1. The number of hydrogen-bond acceptors (Lipinski definition) is 6. The minimum Gasteiger partial charge on any atom is -0.368 e. The third-order valence-corrected chi connectivity index (χ3v) is 8.82. The van der Waals surface area contributed by atoms with Gasteiger partial charge >= 0.3 is 0 Å². The molecule has 0 radical (unpaired) electrons. The van der Waals surface area contributed by atoms with E-state index in [-0.39, 0.29) is 18.6 Å². The lowest BCUT2D eigenvalue weighted by Crippen LogP contribution is -2.57. The Balaban J connectivity index is 0.000000168. The van der Waals surface area contributed by atoms with Crippen molar-refractivity contribution in [2.24, 2.45) is 0 Å². The highest BCUT2D eigenvalue weighted by molar-refractivity contribution is 8.79. The number of aromatic amines is 1. The topological polar surface area (TPSA) is 77.2 Å². The summed E-state index contributed by atoms with van der Waals surface area (Å²) in [6.07, 6.45) is 3.62. The number of hydrogen-bond donors (Lipinski definition) is 3. The number of nitrogens with zero attached hydrogens (tertiary/aromatic N) is 1. The van der Waals surface area contributed by atoms with Gasteiger partial charge in [-0.1, -0.05) is 36.4 Å². The Morgan fingerprint density at radius 2 is 2.03 bits per heavy atom. The Hall–Kier alpha value is -2.42. The van der Waals surface area contributed by atoms with E-state index in [2.05, 4.69) is 50.3 Å². The lowest BCUT2D eigenvalue weighted by atomic mass is 9.96. The Morgan fingerprint density at radius 1 is 1.21 bits per heavy atom. The molecule has 0 saturated carbocycles. The van der Waals surface area contributed by atoms with Gasteiger partial charge in [0.1, 0.15) is 6.29 Å². The van der Waals surface area contributed by atoms with E-state index >= 15 is 0 Å². The second-order valence-corrected chi connectivity index (χ2v) is 9.53. The second-order valence-electron chi connectivity index (χ2n) is 7.20. The summed E-state index contributed by atoms with van der Waals surface area (Å²) >= 11 is 0. The average molecular weight is 425 g/mol. The highest BCUT2D eigenvalue weighted by Gasteiger charge is 2.65. The number of amides is 1. The van der Waals surface area contributed by atoms with Crippen molar-refractivity contribution in [1.29, 1.82) is 0 Å². The lowest BCUT2D eigenvalue weighted by Gasteiger charge is -2.45. The van der Waals surface area contributed by atoms with Crippen molar-refractivity contribution < 1.29 is 9.59 Å². The number of benzene rings is 2. The van der Waals surface area contributed by atoms with Crippen LogP contribution >= 0.6 is 21.8 Å². The first-order valence-electron chi connectivity index (χ1n) is 9.47. The Labute approximate surface area is 176 Å². The van der Waals surface area contributed by atoms with Crippen LogP contribution in [0, 0.1) is 0 Å². The van der Waals surface area contributed by atoms with Crippen LogP contribution in [-0.4, -0.2) is 39.1 Å². The molecule has 0 bridgehead atoms. The fourth-order valence-corrected chi connectivity index (χ4v) is 7.22. The second kappa shape index (κ2) is 7.44. The molecule has 3 aliphatic rings. The number of aromatic nitrogens is 1. The van der Waals surface area contributed by atoms with E-state index < -0.39 is 4.87 Å². The monoisotopic (exact) mass is 424 g/mol. The minimum absolute atomic E-state index is 0.0537. The molecule has 6 nitrogen and oxygen atoms in total. The normalized spacial score (nSPS) is 26.2. The van der Waals surface area contributed by atoms with Crippen molar-refractivity contribution in [1.82, 2.24) is 14.6 Å². The number of fused-ring (bicyclic) bond motifs is 6. The molecule has 1 aromatic heterocycles. The van der Waals surface area contributed by atoms with E-state index in [0.717, 1.165) is 12.7 Å². The molecule has 3 aliphatic heterocycles. The van der Waals surface area contributed by atoms with Crippen LogP contribution in [0.3, 0.4) is 0 Å². The number of H-pyrrole nitrogens is 1. The molecule has 0 spiro atoms. The Kier molecular flexibility index (Phi) is 4.77. The molecule has 2 saturated heterocycles. The van der Waals surface area contributed by atoms with Crippen molar-refractivity contribution in [3.05, 3.63) is 66.4 Å². The highest BCUT2D eigenvalue weighted by Crippen LogP contribution is 2.67. The van der Waals surface area contributed by atoms with Crippen LogP contribution in [0.25, 0.3) is 10.9 Å². The summed E-state index contributed by atoms with van der Waals surface area (Å²) in [4.78, 5) is 25.4. The maximum Gasteiger partial charge on any atom is 0.253 e. The quantitative estimate of drug-likeness (QED) is 0.338. The fourth-order valence-electron chi connectivity index (χ4n) is 4.19. The van der Waals surface area contributed by atoms with Crippen LogP contribution in [-0.2, 0) is 9.59 Å². The predicted molar refractivity (Wildman–Crippen MR) is 118 cm³/mol. The summed E-state index contributed by atoms with van der Waals surface area (Å²) in [5.41, 5.74) is 3.66. The molecule has 3 aromatic rings. The van der Waals surface area contributed by atoms with Gasteiger partial charge in [0, 0.05) is 23.3 Å². The van der Waals surface area contributed by atoms with Crippen molar-refractivity contribution >= 4 is 50.6 Å². The number of aldehydes is 1. The molecule has 2 aromatic carbocycles. The van der Waals surface area contributed by atoms with Crippen LogP contribution in [0.1, 0.15) is 17.9 Å². The van der Waals surface area contributed by atoms with Gasteiger partial charge in [-0.15, -0.1) is 0 Å². The molecule has 3 atom stereocenters. The van der Waals surface area contributed by atoms with Crippen LogP contribution in [0.2, 0.25) is 0 Å². The van der Waals surface area contributed by atoms with E-state index in [1.165, 1.54) is 22.2 Å². The Morgan fingerprint density at radius 3 is 2.83 bits per heavy atom. The Bertz CT molecular complexity index is 1040. The van der Waals surface area contributed by atoms with Crippen LogP contribution in [0.4, 0.5) is 5.69 Å². The van der Waals surface area contributed by atoms with E-state index in [1.807, 2.05) is 30.5 Å². The molecule has 4 heterocycles. The first kappa shape index (κ1) is 18.6. The molecule has 3 N–H and O–H groups in total. The maximum absolute atomic E-state index is 12.4. The number of para-hydroxylation sites is 2. The smallest absolute Gasteiger partial charge is 0.253 e. The predicted octanol–water partition coefficient (Wildman–Crippen LogP) is 3.72. The third-order valence-electron chi connectivity index (χ3n) is 5.57. The molecular formula is C21H20N4O2S2. The van der Waals surface area contributed by atoms with Gasteiger partial charge in [0.2, 0.25) is 0 Å². The zero-order valence-electron chi connectivity index (χ0n) is 15.5. The first-order valence-corrected chi connectivity index (χ1v) is 11.6. The molecule has 0 aliphatic carbocycles. The first-order chi connectivity index (χ1) is 14.2. The summed E-state index contributed by atoms with van der Waals surface area (Å²) in [5.74, 6) is 0.276. The molecule has 2 fully saturated rings. The lowest BCUT2D eigenvalue weighted by molar-refractivity contribution is -0.126. The highest BCUT2D eigenvalue weighted by atomic mass is 33.1. The number of nitrogens with one attached hydrogen (secondary N) is 3. The molecule has 3 unspecified atom stereocenters. The van der Waals surface area contributed by atoms with Crippen LogP contribution < -0.4 is 10.6 Å². The van der Waals surface area contributed by atoms with Gasteiger partial charge in [0.15, 0.2) is 4.87 Å². The molecule has 1 amide bonds.